The SMILES string of the molecule is O=C(NC1CCc2nncn2CC1)c1ccc(-c2ccc(F)cc2)cc1. The lowest BCUT2D eigenvalue weighted by molar-refractivity contribution is 0.0933. The summed E-state index contributed by atoms with van der Waals surface area (Å²) >= 11 is 0. The first-order valence-corrected chi connectivity index (χ1v) is 8.72. The van der Waals surface area contributed by atoms with E-state index in [-0.39, 0.29) is 17.8 Å². The number of nitrogens with one attached hydrogen (secondary N) is 1. The maximum absolute atomic E-state index is 13.0. The van der Waals surface area contributed by atoms with Gasteiger partial charge < -0.3 is 9.88 Å². The molecule has 5 nitrogen and oxygen atoms in total. The lowest BCUT2D eigenvalue weighted by Gasteiger charge is -2.16. The molecule has 1 amide bonds. The fraction of sp³-hybridized carbons (Fsp3) is 0.250. The predicted molar refractivity (Wildman–Crippen MR) is 96.1 cm³/mol. The first-order chi connectivity index (χ1) is 12.7. The average molecular weight is 350 g/mol. The zero-order valence-corrected chi connectivity index (χ0v) is 14.2. The van der Waals surface area contributed by atoms with Crippen LogP contribution >= 0.6 is 0 Å². The van der Waals surface area contributed by atoms with Crippen molar-refractivity contribution in [1.82, 2.24) is 20.1 Å². The summed E-state index contributed by atoms with van der Waals surface area (Å²) in [6.07, 6.45) is 4.28. The van der Waals surface area contributed by atoms with Crippen LogP contribution in [0.1, 0.15) is 29.0 Å². The van der Waals surface area contributed by atoms with E-state index in [4.69, 9.17) is 0 Å². The number of fused-ring (bicyclic) bond motifs is 1. The van der Waals surface area contributed by atoms with Crippen LogP contribution in [0.15, 0.2) is 54.9 Å². The number of benzene rings is 2. The lowest BCUT2D eigenvalue weighted by atomic mass is 10.0. The highest BCUT2D eigenvalue weighted by Gasteiger charge is 2.19. The molecule has 0 bridgehead atoms. The zero-order valence-electron chi connectivity index (χ0n) is 14.2. The van der Waals surface area contributed by atoms with Crippen LogP contribution in [0.4, 0.5) is 4.39 Å². The van der Waals surface area contributed by atoms with Gasteiger partial charge in [0, 0.05) is 24.6 Å². The molecule has 1 aliphatic rings. The normalized spacial score (nSPS) is 16.6. The minimum absolute atomic E-state index is 0.0710. The number of carbonyl (C=O) groups is 1. The highest BCUT2D eigenvalue weighted by atomic mass is 19.1. The molecule has 0 spiro atoms. The Morgan fingerprint density at radius 1 is 1.04 bits per heavy atom. The van der Waals surface area contributed by atoms with Crippen molar-refractivity contribution in [1.29, 1.82) is 0 Å². The number of aryl methyl sites for hydroxylation is 2. The third-order valence-corrected chi connectivity index (χ3v) is 4.79. The molecular weight excluding hydrogens is 331 g/mol. The fourth-order valence-corrected chi connectivity index (χ4v) is 3.27. The number of nitrogens with zero attached hydrogens (tertiary/aromatic N) is 3. The zero-order chi connectivity index (χ0) is 17.9. The number of hydrogen-bond acceptors (Lipinski definition) is 3. The van der Waals surface area contributed by atoms with E-state index in [0.717, 1.165) is 42.8 Å². The van der Waals surface area contributed by atoms with E-state index in [9.17, 15) is 9.18 Å². The third-order valence-electron chi connectivity index (χ3n) is 4.79. The summed E-state index contributed by atoms with van der Waals surface area (Å²) in [5, 5.41) is 11.1. The standard InChI is InChI=1S/C20H19FN4O/c21-17-7-5-15(6-8-17)14-1-3-16(4-2-14)20(26)23-18-9-10-19-24-22-13-25(19)12-11-18/h1-8,13,18H,9-12H2,(H,23,26). The molecule has 0 aliphatic carbocycles. The molecule has 0 radical (unpaired) electrons. The summed E-state index contributed by atoms with van der Waals surface area (Å²) in [5.74, 6) is 0.648. The molecule has 26 heavy (non-hydrogen) atoms. The predicted octanol–water partition coefficient (Wildman–Crippen LogP) is 3.22. The van der Waals surface area contributed by atoms with Crippen LogP contribution in [0.25, 0.3) is 11.1 Å². The van der Waals surface area contributed by atoms with Crippen molar-refractivity contribution in [3.05, 3.63) is 72.1 Å². The van der Waals surface area contributed by atoms with Gasteiger partial charge in [-0.15, -0.1) is 10.2 Å². The van der Waals surface area contributed by atoms with Gasteiger partial charge in [-0.25, -0.2) is 4.39 Å². The van der Waals surface area contributed by atoms with Crippen molar-refractivity contribution in [2.45, 2.75) is 31.8 Å². The van der Waals surface area contributed by atoms with E-state index in [2.05, 4.69) is 15.5 Å². The number of halogens is 1. The molecule has 3 aromatic rings. The fourth-order valence-electron chi connectivity index (χ4n) is 3.27. The van der Waals surface area contributed by atoms with Gasteiger partial charge in [0.15, 0.2) is 0 Å². The van der Waals surface area contributed by atoms with Crippen LogP contribution in [0, 0.1) is 5.82 Å². The van der Waals surface area contributed by atoms with E-state index >= 15 is 0 Å². The Bertz CT molecular complexity index is 880. The third kappa shape index (κ3) is 3.49. The number of amides is 1. The highest BCUT2D eigenvalue weighted by Crippen LogP contribution is 2.20. The van der Waals surface area contributed by atoms with Crippen LogP contribution in [-0.2, 0) is 13.0 Å². The summed E-state index contributed by atoms with van der Waals surface area (Å²) in [6, 6.07) is 13.8. The monoisotopic (exact) mass is 350 g/mol. The Morgan fingerprint density at radius 3 is 2.46 bits per heavy atom. The molecule has 1 N–H and O–H groups in total. The number of aromatic nitrogens is 3. The Balaban J connectivity index is 1.40. The molecule has 2 aromatic carbocycles. The van der Waals surface area contributed by atoms with E-state index in [1.165, 1.54) is 12.1 Å². The minimum Gasteiger partial charge on any atom is -0.349 e. The molecular formula is C20H19FN4O. The summed E-state index contributed by atoms with van der Waals surface area (Å²) in [7, 11) is 0. The van der Waals surface area contributed by atoms with Gasteiger partial charge in [0.25, 0.3) is 5.91 Å². The summed E-state index contributed by atoms with van der Waals surface area (Å²) in [4.78, 5) is 12.5. The van der Waals surface area contributed by atoms with Crippen molar-refractivity contribution in [2.24, 2.45) is 0 Å². The van der Waals surface area contributed by atoms with Crippen LogP contribution < -0.4 is 5.32 Å². The maximum Gasteiger partial charge on any atom is 0.251 e. The van der Waals surface area contributed by atoms with Crippen LogP contribution in [0.3, 0.4) is 0 Å². The molecule has 132 valence electrons. The van der Waals surface area contributed by atoms with Gasteiger partial charge in [0.1, 0.15) is 18.0 Å². The Labute approximate surface area is 150 Å². The molecule has 6 heteroatoms. The Kier molecular flexibility index (Phi) is 4.48. The van der Waals surface area contributed by atoms with Crippen molar-refractivity contribution in [3.63, 3.8) is 0 Å². The second-order valence-corrected chi connectivity index (χ2v) is 6.52. The van der Waals surface area contributed by atoms with Gasteiger partial charge in [-0.3, -0.25) is 4.79 Å². The minimum atomic E-state index is -0.258. The average Bonchev–Trinajstić information content (AvgIpc) is 3.04. The van der Waals surface area contributed by atoms with E-state index in [0.29, 0.717) is 5.56 Å². The van der Waals surface area contributed by atoms with Crippen LogP contribution in [-0.4, -0.2) is 26.7 Å². The first kappa shape index (κ1) is 16.4. The van der Waals surface area contributed by atoms with Gasteiger partial charge in [-0.1, -0.05) is 24.3 Å². The summed E-state index contributed by atoms with van der Waals surface area (Å²) < 4.78 is 15.1. The number of carbonyl (C=O) groups excluding carboxylic acids is 1. The smallest absolute Gasteiger partial charge is 0.251 e. The van der Waals surface area contributed by atoms with Gasteiger partial charge in [0.2, 0.25) is 0 Å². The van der Waals surface area contributed by atoms with E-state index < -0.39 is 0 Å². The van der Waals surface area contributed by atoms with Crippen molar-refractivity contribution in [3.8, 4) is 11.1 Å². The van der Waals surface area contributed by atoms with Gasteiger partial charge in [-0.2, -0.15) is 0 Å². The van der Waals surface area contributed by atoms with Crippen molar-refractivity contribution in [2.75, 3.05) is 0 Å². The Hall–Kier alpha value is -3.02. The lowest BCUT2D eigenvalue weighted by Crippen LogP contribution is -2.35. The molecule has 1 aromatic heterocycles. The van der Waals surface area contributed by atoms with Crippen molar-refractivity contribution >= 4 is 5.91 Å². The maximum atomic E-state index is 13.0. The molecule has 0 saturated heterocycles. The highest BCUT2D eigenvalue weighted by molar-refractivity contribution is 5.94. The molecule has 0 fully saturated rings. The number of rotatable bonds is 3. The molecule has 4 rings (SSSR count). The molecule has 2 heterocycles. The van der Waals surface area contributed by atoms with Crippen LogP contribution in [0.2, 0.25) is 0 Å². The van der Waals surface area contributed by atoms with E-state index in [1.54, 1.807) is 30.6 Å². The quantitative estimate of drug-likeness (QED) is 0.789. The molecule has 1 atom stereocenters. The first-order valence-electron chi connectivity index (χ1n) is 8.72. The van der Waals surface area contributed by atoms with Gasteiger partial charge in [-0.05, 0) is 48.2 Å². The van der Waals surface area contributed by atoms with E-state index in [1.807, 2.05) is 16.7 Å². The topological polar surface area (TPSA) is 59.8 Å². The Morgan fingerprint density at radius 2 is 1.73 bits per heavy atom. The van der Waals surface area contributed by atoms with Crippen molar-refractivity contribution < 1.29 is 9.18 Å². The molecule has 1 unspecified atom stereocenters. The van der Waals surface area contributed by atoms with Gasteiger partial charge >= 0.3 is 0 Å². The van der Waals surface area contributed by atoms with Crippen LogP contribution in [0.5, 0.6) is 0 Å². The molecule has 0 saturated carbocycles. The largest absolute Gasteiger partial charge is 0.349 e. The summed E-state index contributed by atoms with van der Waals surface area (Å²) in [6.45, 7) is 0.816. The second-order valence-electron chi connectivity index (χ2n) is 6.52. The van der Waals surface area contributed by atoms with Gasteiger partial charge in [0.05, 0.1) is 0 Å². The summed E-state index contributed by atoms with van der Waals surface area (Å²) in [5.41, 5.74) is 2.50. The second kappa shape index (κ2) is 7.07. The number of hydrogen-bond donors (Lipinski definition) is 1. The molecule has 1 aliphatic heterocycles.